The van der Waals surface area contributed by atoms with E-state index in [-0.39, 0.29) is 28.9 Å². The van der Waals surface area contributed by atoms with Crippen LogP contribution in [0.5, 0.6) is 0 Å². The van der Waals surface area contributed by atoms with E-state index in [1.165, 1.54) is 22.9 Å². The molecule has 1 aromatic carbocycles. The van der Waals surface area contributed by atoms with Crippen LogP contribution in [-0.2, 0) is 10.0 Å². The van der Waals surface area contributed by atoms with Crippen LogP contribution in [0.25, 0.3) is 21.9 Å². The summed E-state index contributed by atoms with van der Waals surface area (Å²) in [6, 6.07) is 1.38. The quantitative estimate of drug-likeness (QED) is 0.349. The molecule has 1 aliphatic carbocycles. The molecule has 1 atom stereocenters. The number of fused-ring (bicyclic) bond motifs is 3. The number of halogens is 4. The number of nitrogens with zero attached hydrogens (tertiary/aromatic N) is 6. The van der Waals surface area contributed by atoms with Gasteiger partial charge in [-0.2, -0.15) is 0 Å². The lowest BCUT2D eigenvalue weighted by molar-refractivity contribution is -0.0392. The highest BCUT2D eigenvalue weighted by Crippen LogP contribution is 2.40. The van der Waals surface area contributed by atoms with Crippen molar-refractivity contribution < 1.29 is 26.0 Å². The van der Waals surface area contributed by atoms with Crippen LogP contribution in [0.2, 0.25) is 0 Å². The smallest absolute Gasteiger partial charge is 0.291 e. The molecule has 0 bridgehead atoms. The highest BCUT2D eigenvalue weighted by molar-refractivity contribution is 7.89. The first-order chi connectivity index (χ1) is 17.4. The van der Waals surface area contributed by atoms with Gasteiger partial charge in [0.1, 0.15) is 0 Å². The summed E-state index contributed by atoms with van der Waals surface area (Å²) in [7, 11) is -4.02. The van der Waals surface area contributed by atoms with Gasteiger partial charge in [0.15, 0.2) is 5.01 Å². The van der Waals surface area contributed by atoms with Gasteiger partial charge in [0, 0.05) is 37.4 Å². The van der Waals surface area contributed by atoms with Gasteiger partial charge >= 0.3 is 0 Å². The Bertz CT molecular complexity index is 1630. The van der Waals surface area contributed by atoms with Gasteiger partial charge in [-0.3, -0.25) is 8.97 Å². The van der Waals surface area contributed by atoms with Gasteiger partial charge < -0.3 is 10.6 Å². The molecule has 4 aromatic rings. The number of benzene rings is 1. The van der Waals surface area contributed by atoms with Gasteiger partial charge in [-0.25, -0.2) is 35.7 Å². The molecule has 198 valence electrons. The van der Waals surface area contributed by atoms with Crippen molar-refractivity contribution in [3.63, 3.8) is 0 Å². The minimum absolute atomic E-state index is 0.0611. The van der Waals surface area contributed by atoms with E-state index in [2.05, 4.69) is 19.9 Å². The van der Waals surface area contributed by atoms with E-state index in [1.54, 1.807) is 22.4 Å². The lowest BCUT2D eigenvalue weighted by Gasteiger charge is -2.38. The Labute approximate surface area is 212 Å². The third-order valence-corrected chi connectivity index (χ3v) is 9.39. The fraction of sp³-hybridized carbons (Fsp3) is 0.476. The van der Waals surface area contributed by atoms with Crippen LogP contribution < -0.4 is 15.4 Å². The van der Waals surface area contributed by atoms with Crippen molar-refractivity contribution in [2.45, 2.75) is 55.0 Å². The van der Waals surface area contributed by atoms with Crippen molar-refractivity contribution in [1.82, 2.24) is 28.9 Å². The minimum Gasteiger partial charge on any atom is -0.368 e. The Hall–Kier alpha value is -2.82. The number of anilines is 1. The van der Waals surface area contributed by atoms with Crippen molar-refractivity contribution >= 4 is 43.9 Å². The summed E-state index contributed by atoms with van der Waals surface area (Å²) in [5.41, 5.74) is 6.32. The fourth-order valence-electron chi connectivity index (χ4n) is 4.55. The van der Waals surface area contributed by atoms with Gasteiger partial charge in [0.2, 0.25) is 20.9 Å². The Balaban J connectivity index is 1.61. The zero-order valence-electron chi connectivity index (χ0n) is 19.4. The molecule has 0 amide bonds. The number of nitrogens with one attached hydrogen (secondary N) is 1. The average molecular weight is 559 g/mol. The highest BCUT2D eigenvalue weighted by Gasteiger charge is 2.44. The van der Waals surface area contributed by atoms with E-state index in [0.29, 0.717) is 40.9 Å². The van der Waals surface area contributed by atoms with Crippen LogP contribution in [-0.4, -0.2) is 63.2 Å². The van der Waals surface area contributed by atoms with Gasteiger partial charge in [0.25, 0.3) is 12.3 Å². The summed E-state index contributed by atoms with van der Waals surface area (Å²) in [4.78, 5) is 5.84. The summed E-state index contributed by atoms with van der Waals surface area (Å²) >= 11 is 0.646. The van der Waals surface area contributed by atoms with Gasteiger partial charge in [-0.1, -0.05) is 11.3 Å². The maximum atomic E-state index is 14.2. The molecular formula is C21H22F4N8O2S2. The van der Waals surface area contributed by atoms with E-state index in [1.807, 2.05) is 0 Å². The molecule has 1 saturated heterocycles. The molecule has 0 unspecified atom stereocenters. The normalized spacial score (nSPS) is 21.4. The van der Waals surface area contributed by atoms with E-state index in [4.69, 9.17) is 5.73 Å². The Morgan fingerprint density at radius 2 is 1.97 bits per heavy atom. The maximum Gasteiger partial charge on any atom is 0.291 e. The number of hydrogen-bond acceptors (Lipinski definition) is 8. The first-order valence-corrected chi connectivity index (χ1v) is 13.7. The maximum absolute atomic E-state index is 14.2. The minimum atomic E-state index is -4.02. The summed E-state index contributed by atoms with van der Waals surface area (Å²) in [5, 5.41) is 7.01. The third-order valence-electron chi connectivity index (χ3n) is 6.86. The SMILES string of the molecule is CC1(NS(=O)(=O)c2cc(N3CCC(F)(F)[C@@H](N)C3)c3c(c2)n(-c2nnc(C(F)F)s2)c2nccn32)CC1. The van der Waals surface area contributed by atoms with Gasteiger partial charge in [-0.05, 0) is 31.9 Å². The molecule has 0 spiro atoms. The van der Waals surface area contributed by atoms with Crippen molar-refractivity contribution in [3.05, 3.63) is 29.5 Å². The number of aromatic nitrogens is 5. The van der Waals surface area contributed by atoms with Crippen molar-refractivity contribution in [3.8, 4) is 5.13 Å². The fourth-order valence-corrected chi connectivity index (χ4v) is 6.77. The summed E-state index contributed by atoms with van der Waals surface area (Å²) in [6.45, 7) is 1.51. The van der Waals surface area contributed by atoms with Crippen LogP contribution in [0.1, 0.15) is 37.6 Å². The van der Waals surface area contributed by atoms with Crippen LogP contribution in [0.4, 0.5) is 23.2 Å². The van der Waals surface area contributed by atoms with Crippen LogP contribution in [0.15, 0.2) is 29.4 Å². The van der Waals surface area contributed by atoms with Crippen LogP contribution in [0, 0.1) is 0 Å². The first-order valence-electron chi connectivity index (χ1n) is 11.4. The molecule has 10 nitrogen and oxygen atoms in total. The molecule has 6 rings (SSSR count). The van der Waals surface area contributed by atoms with Crippen LogP contribution >= 0.6 is 11.3 Å². The predicted molar refractivity (Wildman–Crippen MR) is 128 cm³/mol. The molecule has 0 radical (unpaired) electrons. The van der Waals surface area contributed by atoms with E-state index in [9.17, 15) is 26.0 Å². The molecule has 2 fully saturated rings. The number of rotatable bonds is 6. The zero-order chi connectivity index (χ0) is 26.3. The average Bonchev–Trinajstić information content (AvgIpc) is 3.21. The monoisotopic (exact) mass is 558 g/mol. The highest BCUT2D eigenvalue weighted by atomic mass is 32.2. The summed E-state index contributed by atoms with van der Waals surface area (Å²) in [5.74, 6) is -2.79. The number of hydrogen-bond donors (Lipinski definition) is 2. The molecule has 3 N–H and O–H groups in total. The molecular weight excluding hydrogens is 536 g/mol. The summed E-state index contributed by atoms with van der Waals surface area (Å²) in [6.07, 6.45) is 1.12. The van der Waals surface area contributed by atoms with Crippen molar-refractivity contribution in [1.29, 1.82) is 0 Å². The molecule has 1 saturated carbocycles. The van der Waals surface area contributed by atoms with Gasteiger partial charge in [0.05, 0.1) is 27.7 Å². The zero-order valence-corrected chi connectivity index (χ0v) is 21.0. The molecule has 3 aromatic heterocycles. The first kappa shape index (κ1) is 24.5. The lowest BCUT2D eigenvalue weighted by Crippen LogP contribution is -2.55. The largest absolute Gasteiger partial charge is 0.368 e. The topological polar surface area (TPSA) is 123 Å². The van der Waals surface area contributed by atoms with E-state index >= 15 is 0 Å². The second-order valence-corrected chi connectivity index (χ2v) is 12.4. The number of nitrogens with two attached hydrogens (primary N) is 1. The molecule has 37 heavy (non-hydrogen) atoms. The van der Waals surface area contributed by atoms with E-state index in [0.717, 1.165) is 0 Å². The Morgan fingerprint density at radius 3 is 2.62 bits per heavy atom. The Kier molecular flexibility index (Phi) is 5.36. The number of imidazole rings is 2. The molecule has 16 heteroatoms. The molecule has 1 aliphatic heterocycles. The number of alkyl halides is 4. The lowest BCUT2D eigenvalue weighted by atomic mass is 10.0. The second-order valence-electron chi connectivity index (χ2n) is 9.70. The summed E-state index contributed by atoms with van der Waals surface area (Å²) < 4.78 is 87.6. The molecule has 4 heterocycles. The predicted octanol–water partition coefficient (Wildman–Crippen LogP) is 3.07. The number of sulfonamides is 1. The van der Waals surface area contributed by atoms with Crippen molar-refractivity contribution in [2.24, 2.45) is 5.73 Å². The molecule has 2 aliphatic rings. The van der Waals surface area contributed by atoms with Crippen LogP contribution in [0.3, 0.4) is 0 Å². The number of piperidine rings is 1. The van der Waals surface area contributed by atoms with E-state index < -0.39 is 45.4 Å². The standard InChI is InChI=1S/C21H22F4N8O2S2/c1-20(2-3-20)30-37(34,35)11-8-12(31-6-4-21(24,25)14(26)10-31)15-13(9-11)33(18-27-5-7-32(15)18)19-29-28-17(36-19)16(22)23/h5,7-9,14,16,30H,2-4,6,10,26H2,1H3/t14-/m0/s1. The Morgan fingerprint density at radius 1 is 1.22 bits per heavy atom. The second kappa shape index (κ2) is 8.09. The third kappa shape index (κ3) is 4.06. The van der Waals surface area contributed by atoms with Crippen molar-refractivity contribution in [2.75, 3.05) is 18.0 Å². The van der Waals surface area contributed by atoms with Gasteiger partial charge in [-0.15, -0.1) is 10.2 Å².